The lowest BCUT2D eigenvalue weighted by molar-refractivity contribution is 0.0693. The molecule has 20 heavy (non-hydrogen) atoms. The van der Waals surface area contributed by atoms with Gasteiger partial charge in [0.15, 0.2) is 0 Å². The minimum absolute atomic E-state index is 0.232. The fourth-order valence-corrected chi connectivity index (χ4v) is 2.15. The molecule has 0 bridgehead atoms. The molecule has 1 aromatic carbocycles. The van der Waals surface area contributed by atoms with E-state index in [0.717, 1.165) is 12.8 Å². The third-order valence-corrected chi connectivity index (χ3v) is 3.58. The molecule has 0 heterocycles. The second-order valence-corrected chi connectivity index (χ2v) is 5.14. The van der Waals surface area contributed by atoms with Gasteiger partial charge in [0.25, 0.3) is 0 Å². The van der Waals surface area contributed by atoms with E-state index in [1.807, 2.05) is 0 Å². The lowest BCUT2D eigenvalue weighted by Crippen LogP contribution is -2.37. The first kappa shape index (κ1) is 14.2. The number of amides is 2. The maximum absolute atomic E-state index is 12.0. The summed E-state index contributed by atoms with van der Waals surface area (Å²) in [6.45, 7) is 0.704. The molecule has 0 aromatic heterocycles. The summed E-state index contributed by atoms with van der Waals surface area (Å²) in [6.07, 6.45) is 3.53. The van der Waals surface area contributed by atoms with Crippen LogP contribution in [0.5, 0.6) is 5.75 Å². The van der Waals surface area contributed by atoms with Crippen molar-refractivity contribution in [1.29, 1.82) is 0 Å². The highest BCUT2D eigenvalue weighted by molar-refractivity contribution is 5.95. The average Bonchev–Trinajstić information content (AvgIpc) is 2.35. The molecule has 0 spiro atoms. The van der Waals surface area contributed by atoms with Gasteiger partial charge in [-0.25, -0.2) is 9.59 Å². The van der Waals surface area contributed by atoms with Gasteiger partial charge in [0.1, 0.15) is 11.3 Å². The number of hydrogen-bond acceptors (Lipinski definition) is 3. The van der Waals surface area contributed by atoms with E-state index >= 15 is 0 Å². The number of carbonyl (C=O) groups excluding carboxylic acids is 1. The third kappa shape index (κ3) is 3.20. The van der Waals surface area contributed by atoms with Gasteiger partial charge >= 0.3 is 12.0 Å². The van der Waals surface area contributed by atoms with Crippen LogP contribution in [0.4, 0.5) is 10.5 Å². The lowest BCUT2D eigenvalue weighted by atomic mass is 9.85. The number of urea groups is 1. The molecule has 1 saturated carbocycles. The monoisotopic (exact) mass is 278 g/mol. The summed E-state index contributed by atoms with van der Waals surface area (Å²) in [7, 11) is 1.71. The summed E-state index contributed by atoms with van der Waals surface area (Å²) < 4.78 is 0. The van der Waals surface area contributed by atoms with E-state index in [2.05, 4.69) is 5.32 Å². The SMILES string of the molecule is CN(CC1CCC1)C(=O)Nc1ccc(O)c(C(=O)O)c1. The predicted molar refractivity (Wildman–Crippen MR) is 74.1 cm³/mol. The van der Waals surface area contributed by atoms with Crippen molar-refractivity contribution < 1.29 is 19.8 Å². The van der Waals surface area contributed by atoms with Crippen LogP contribution >= 0.6 is 0 Å². The smallest absolute Gasteiger partial charge is 0.339 e. The van der Waals surface area contributed by atoms with Crippen molar-refractivity contribution in [3.8, 4) is 5.75 Å². The van der Waals surface area contributed by atoms with Gasteiger partial charge in [-0.3, -0.25) is 0 Å². The van der Waals surface area contributed by atoms with Crippen molar-refractivity contribution in [1.82, 2.24) is 4.90 Å². The van der Waals surface area contributed by atoms with Crippen LogP contribution in [0.3, 0.4) is 0 Å². The largest absolute Gasteiger partial charge is 0.507 e. The highest BCUT2D eigenvalue weighted by atomic mass is 16.4. The molecule has 6 nitrogen and oxygen atoms in total. The Morgan fingerprint density at radius 2 is 2.10 bits per heavy atom. The third-order valence-electron chi connectivity index (χ3n) is 3.58. The number of benzene rings is 1. The zero-order valence-corrected chi connectivity index (χ0v) is 11.3. The minimum Gasteiger partial charge on any atom is -0.507 e. The van der Waals surface area contributed by atoms with Crippen molar-refractivity contribution in [3.63, 3.8) is 0 Å². The van der Waals surface area contributed by atoms with E-state index in [1.165, 1.54) is 24.6 Å². The molecule has 1 fully saturated rings. The van der Waals surface area contributed by atoms with Crippen molar-refractivity contribution >= 4 is 17.7 Å². The number of aromatic hydroxyl groups is 1. The molecule has 0 saturated heterocycles. The quantitative estimate of drug-likeness (QED) is 0.737. The first-order chi connectivity index (χ1) is 9.47. The summed E-state index contributed by atoms with van der Waals surface area (Å²) in [6, 6.07) is 3.69. The van der Waals surface area contributed by atoms with Gasteiger partial charge in [0.05, 0.1) is 0 Å². The average molecular weight is 278 g/mol. The Hall–Kier alpha value is -2.24. The number of hydrogen-bond donors (Lipinski definition) is 3. The molecular formula is C14H18N2O4. The Kier molecular flexibility index (Phi) is 4.12. The van der Waals surface area contributed by atoms with E-state index < -0.39 is 5.97 Å². The first-order valence-corrected chi connectivity index (χ1v) is 6.56. The van der Waals surface area contributed by atoms with Crippen molar-refractivity contribution in [3.05, 3.63) is 23.8 Å². The summed E-state index contributed by atoms with van der Waals surface area (Å²) >= 11 is 0. The van der Waals surface area contributed by atoms with Gasteiger partial charge in [0, 0.05) is 19.3 Å². The first-order valence-electron chi connectivity index (χ1n) is 6.56. The minimum atomic E-state index is -1.23. The van der Waals surface area contributed by atoms with Crippen LogP contribution in [0.1, 0.15) is 29.6 Å². The summed E-state index contributed by atoms with van der Waals surface area (Å²) in [4.78, 5) is 24.5. The molecule has 1 aliphatic carbocycles. The Labute approximate surface area is 117 Å². The van der Waals surface area contributed by atoms with Gasteiger partial charge in [-0.05, 0) is 37.0 Å². The number of carbonyl (C=O) groups is 2. The molecular weight excluding hydrogens is 260 g/mol. The molecule has 0 aliphatic heterocycles. The van der Waals surface area contributed by atoms with Crippen LogP contribution in [0.25, 0.3) is 0 Å². The number of carboxylic acids is 1. The Morgan fingerprint density at radius 3 is 2.65 bits per heavy atom. The number of rotatable bonds is 4. The summed E-state index contributed by atoms with van der Waals surface area (Å²) in [5.74, 6) is -0.986. The lowest BCUT2D eigenvalue weighted by Gasteiger charge is -2.30. The van der Waals surface area contributed by atoms with Crippen LogP contribution in [0, 0.1) is 5.92 Å². The Bertz CT molecular complexity index is 526. The summed E-state index contributed by atoms with van der Waals surface area (Å²) in [5.41, 5.74) is 0.120. The van der Waals surface area contributed by atoms with Crippen LogP contribution < -0.4 is 5.32 Å². The zero-order valence-electron chi connectivity index (χ0n) is 11.3. The van der Waals surface area contributed by atoms with Crippen LogP contribution in [-0.4, -0.2) is 40.7 Å². The second kappa shape index (κ2) is 5.81. The van der Waals surface area contributed by atoms with Gasteiger partial charge in [-0.15, -0.1) is 0 Å². The maximum atomic E-state index is 12.0. The molecule has 2 amide bonds. The number of nitrogens with zero attached hydrogens (tertiary/aromatic N) is 1. The number of anilines is 1. The second-order valence-electron chi connectivity index (χ2n) is 5.14. The van der Waals surface area contributed by atoms with Crippen molar-refractivity contribution in [2.75, 3.05) is 18.9 Å². The van der Waals surface area contributed by atoms with Crippen LogP contribution in [0.2, 0.25) is 0 Å². The fourth-order valence-electron chi connectivity index (χ4n) is 2.15. The van der Waals surface area contributed by atoms with E-state index in [-0.39, 0.29) is 17.3 Å². The van der Waals surface area contributed by atoms with Gasteiger partial charge in [0.2, 0.25) is 0 Å². The van der Waals surface area contributed by atoms with E-state index in [1.54, 1.807) is 11.9 Å². The van der Waals surface area contributed by atoms with Crippen LogP contribution in [-0.2, 0) is 0 Å². The molecule has 0 atom stereocenters. The van der Waals surface area contributed by atoms with Crippen molar-refractivity contribution in [2.45, 2.75) is 19.3 Å². The van der Waals surface area contributed by atoms with Gasteiger partial charge < -0.3 is 20.4 Å². The molecule has 0 unspecified atom stereocenters. The normalized spacial score (nSPS) is 14.4. The molecule has 0 radical (unpaired) electrons. The van der Waals surface area contributed by atoms with E-state index in [0.29, 0.717) is 18.2 Å². The standard InChI is InChI=1S/C14H18N2O4/c1-16(8-9-3-2-4-9)14(20)15-10-5-6-12(17)11(7-10)13(18)19/h5-7,9,17H,2-4,8H2,1H3,(H,15,20)(H,18,19). The number of aromatic carboxylic acids is 1. The highest BCUT2D eigenvalue weighted by Gasteiger charge is 2.21. The molecule has 1 aromatic rings. The van der Waals surface area contributed by atoms with Crippen molar-refractivity contribution in [2.24, 2.45) is 5.92 Å². The van der Waals surface area contributed by atoms with Gasteiger partial charge in [-0.2, -0.15) is 0 Å². The van der Waals surface area contributed by atoms with Crippen LogP contribution in [0.15, 0.2) is 18.2 Å². The molecule has 2 rings (SSSR count). The molecule has 108 valence electrons. The highest BCUT2D eigenvalue weighted by Crippen LogP contribution is 2.27. The maximum Gasteiger partial charge on any atom is 0.339 e. The van der Waals surface area contributed by atoms with Gasteiger partial charge in [-0.1, -0.05) is 6.42 Å². The number of nitrogens with one attached hydrogen (secondary N) is 1. The van der Waals surface area contributed by atoms with E-state index in [9.17, 15) is 14.7 Å². The van der Waals surface area contributed by atoms with E-state index in [4.69, 9.17) is 5.11 Å². The number of phenols is 1. The summed E-state index contributed by atoms with van der Waals surface area (Å²) in [5, 5.41) is 20.9. The zero-order chi connectivity index (χ0) is 14.7. The predicted octanol–water partition coefficient (Wildman–Crippen LogP) is 2.35. The molecule has 3 N–H and O–H groups in total. The fraction of sp³-hybridized carbons (Fsp3) is 0.429. The number of carboxylic acid groups (broad SMARTS) is 1. The Balaban J connectivity index is 1.99. The molecule has 1 aliphatic rings. The topological polar surface area (TPSA) is 89.9 Å². The molecule has 6 heteroatoms. The Morgan fingerprint density at radius 1 is 1.40 bits per heavy atom.